The van der Waals surface area contributed by atoms with Crippen LogP contribution in [0.4, 0.5) is 0 Å². The molecule has 0 aliphatic heterocycles. The van der Waals surface area contributed by atoms with Gasteiger partial charge in [0.15, 0.2) is 0 Å². The Bertz CT molecular complexity index is 857. The number of thioether (sulfide) groups is 1. The number of thiol groups is 1. The van der Waals surface area contributed by atoms with E-state index >= 15 is 0 Å². The van der Waals surface area contributed by atoms with Crippen LogP contribution in [0.5, 0.6) is 0 Å². The standard InChI is InChI=1S/C21H31N5O6S2/c1-34-8-7-14(21(31)32)24-20(30)16(11-33)26-19(29)15(9-12-5-3-2-4-6-12)25-18(28)13(22)10-17(23)27/h2-6,13-16,33H,7-11,22H2,1H3,(H2,23,27)(H,24,30)(H,25,28)(H,26,29)(H,31,32). The van der Waals surface area contributed by atoms with Gasteiger partial charge in [0.25, 0.3) is 0 Å². The number of carboxylic acid groups (broad SMARTS) is 1. The number of aliphatic carboxylic acids is 1. The van der Waals surface area contributed by atoms with Crippen LogP contribution in [0.1, 0.15) is 18.4 Å². The number of hydrogen-bond donors (Lipinski definition) is 7. The second-order valence-corrected chi connectivity index (χ2v) is 8.80. The first-order valence-corrected chi connectivity index (χ1v) is 12.4. The van der Waals surface area contributed by atoms with Crippen LogP contribution < -0.4 is 27.4 Å². The monoisotopic (exact) mass is 513 g/mol. The molecule has 0 fully saturated rings. The van der Waals surface area contributed by atoms with Gasteiger partial charge in [-0.1, -0.05) is 30.3 Å². The Kier molecular flexibility index (Phi) is 13.1. The van der Waals surface area contributed by atoms with E-state index in [1.54, 1.807) is 30.3 Å². The van der Waals surface area contributed by atoms with Crippen molar-refractivity contribution in [3.63, 3.8) is 0 Å². The fourth-order valence-electron chi connectivity index (χ4n) is 2.88. The number of amides is 4. The molecule has 1 aromatic rings. The van der Waals surface area contributed by atoms with E-state index in [0.717, 1.165) is 5.56 Å². The maximum atomic E-state index is 13.0. The lowest BCUT2D eigenvalue weighted by Gasteiger charge is -2.24. The van der Waals surface area contributed by atoms with Crippen LogP contribution in [0.3, 0.4) is 0 Å². The fraction of sp³-hybridized carbons (Fsp3) is 0.476. The van der Waals surface area contributed by atoms with Gasteiger partial charge >= 0.3 is 5.97 Å². The van der Waals surface area contributed by atoms with Gasteiger partial charge in [0.05, 0.1) is 12.5 Å². The molecule has 1 rings (SSSR count). The zero-order valence-electron chi connectivity index (χ0n) is 18.7. The molecule has 0 aromatic heterocycles. The highest BCUT2D eigenvalue weighted by Gasteiger charge is 2.30. The molecule has 0 bridgehead atoms. The quantitative estimate of drug-likeness (QED) is 0.140. The van der Waals surface area contributed by atoms with Gasteiger partial charge in [-0.3, -0.25) is 19.2 Å². The van der Waals surface area contributed by atoms with Gasteiger partial charge < -0.3 is 32.5 Å². The van der Waals surface area contributed by atoms with E-state index in [-0.39, 0.29) is 18.6 Å². The van der Waals surface area contributed by atoms with Gasteiger partial charge in [-0.15, -0.1) is 0 Å². The third kappa shape index (κ3) is 10.4. The largest absolute Gasteiger partial charge is 0.480 e. The number of nitrogens with one attached hydrogen (secondary N) is 3. The van der Waals surface area contributed by atoms with Crippen molar-refractivity contribution in [3.05, 3.63) is 35.9 Å². The van der Waals surface area contributed by atoms with E-state index in [1.165, 1.54) is 11.8 Å². The van der Waals surface area contributed by atoms with Crippen molar-refractivity contribution in [3.8, 4) is 0 Å². The van der Waals surface area contributed by atoms with Crippen LogP contribution in [0.15, 0.2) is 30.3 Å². The molecule has 4 atom stereocenters. The van der Waals surface area contributed by atoms with Gasteiger partial charge in [0.1, 0.15) is 18.1 Å². The molecular weight excluding hydrogens is 482 g/mol. The summed E-state index contributed by atoms with van der Waals surface area (Å²) in [5.41, 5.74) is 11.5. The SMILES string of the molecule is CSCCC(NC(=O)C(CS)NC(=O)C(Cc1ccccc1)NC(=O)C(N)CC(N)=O)C(=O)O. The molecule has 0 saturated heterocycles. The molecule has 34 heavy (non-hydrogen) atoms. The first-order chi connectivity index (χ1) is 16.1. The minimum atomic E-state index is -1.25. The van der Waals surface area contributed by atoms with Gasteiger partial charge in [0, 0.05) is 12.2 Å². The number of carbonyl (C=O) groups excluding carboxylic acids is 4. The topological polar surface area (TPSA) is 194 Å². The van der Waals surface area contributed by atoms with E-state index in [2.05, 4.69) is 28.6 Å². The number of benzene rings is 1. The molecule has 0 aliphatic carbocycles. The Morgan fingerprint density at radius 3 is 2.06 bits per heavy atom. The van der Waals surface area contributed by atoms with Crippen molar-refractivity contribution < 1.29 is 29.1 Å². The lowest BCUT2D eigenvalue weighted by atomic mass is 10.0. The van der Waals surface area contributed by atoms with Crippen molar-refractivity contribution in [2.24, 2.45) is 11.5 Å². The number of primary amides is 1. The van der Waals surface area contributed by atoms with Crippen molar-refractivity contribution >= 4 is 54.0 Å². The molecule has 0 saturated carbocycles. The lowest BCUT2D eigenvalue weighted by Crippen LogP contribution is -2.58. The second-order valence-electron chi connectivity index (χ2n) is 7.45. The van der Waals surface area contributed by atoms with Crippen LogP contribution >= 0.6 is 24.4 Å². The zero-order valence-corrected chi connectivity index (χ0v) is 20.4. The number of rotatable bonds is 15. The summed E-state index contributed by atoms with van der Waals surface area (Å²) in [5, 5.41) is 16.7. The Morgan fingerprint density at radius 1 is 0.971 bits per heavy atom. The summed E-state index contributed by atoms with van der Waals surface area (Å²) >= 11 is 5.53. The Morgan fingerprint density at radius 2 is 1.53 bits per heavy atom. The van der Waals surface area contributed by atoms with E-state index in [1.807, 2.05) is 6.26 Å². The smallest absolute Gasteiger partial charge is 0.326 e. The number of carbonyl (C=O) groups is 5. The van der Waals surface area contributed by atoms with Crippen molar-refractivity contribution in [2.75, 3.05) is 17.8 Å². The minimum absolute atomic E-state index is 0.0775. The molecule has 1 aromatic carbocycles. The normalized spacial score (nSPS) is 14.2. The summed E-state index contributed by atoms with van der Waals surface area (Å²) in [6.45, 7) is 0. The molecule has 0 spiro atoms. The minimum Gasteiger partial charge on any atom is -0.480 e. The molecule has 4 unspecified atom stereocenters. The highest BCUT2D eigenvalue weighted by atomic mass is 32.2. The van der Waals surface area contributed by atoms with Gasteiger partial charge in [0.2, 0.25) is 23.6 Å². The molecule has 4 amide bonds. The lowest BCUT2D eigenvalue weighted by molar-refractivity contribution is -0.142. The third-order valence-corrected chi connectivity index (χ3v) is 5.72. The Hall–Kier alpha value is -2.77. The summed E-state index contributed by atoms with van der Waals surface area (Å²) in [5.74, 6) is -3.73. The van der Waals surface area contributed by atoms with Crippen molar-refractivity contribution in [1.29, 1.82) is 0 Å². The average Bonchev–Trinajstić information content (AvgIpc) is 2.79. The fourth-order valence-corrected chi connectivity index (χ4v) is 3.61. The maximum Gasteiger partial charge on any atom is 0.326 e. The van der Waals surface area contributed by atoms with Gasteiger partial charge in [-0.25, -0.2) is 4.79 Å². The van der Waals surface area contributed by atoms with E-state index in [9.17, 15) is 29.1 Å². The summed E-state index contributed by atoms with van der Waals surface area (Å²) in [6, 6.07) is 4.16. The van der Waals surface area contributed by atoms with Crippen LogP contribution in [0.2, 0.25) is 0 Å². The van der Waals surface area contributed by atoms with Crippen LogP contribution in [-0.2, 0) is 30.4 Å². The molecule has 188 valence electrons. The molecule has 0 radical (unpaired) electrons. The summed E-state index contributed by atoms with van der Waals surface area (Å²) in [7, 11) is 0. The molecular formula is C21H31N5O6S2. The highest BCUT2D eigenvalue weighted by molar-refractivity contribution is 7.98. The zero-order chi connectivity index (χ0) is 25.7. The molecule has 0 aliphatic rings. The predicted molar refractivity (Wildman–Crippen MR) is 132 cm³/mol. The van der Waals surface area contributed by atoms with Gasteiger partial charge in [-0.05, 0) is 24.0 Å². The summed E-state index contributed by atoms with van der Waals surface area (Å²) < 4.78 is 0. The Labute approximate surface area is 207 Å². The maximum absolute atomic E-state index is 13.0. The number of hydrogen-bond acceptors (Lipinski definition) is 8. The first kappa shape index (κ1) is 29.3. The van der Waals surface area contributed by atoms with Crippen LogP contribution in [-0.4, -0.2) is 76.6 Å². The predicted octanol–water partition coefficient (Wildman–Crippen LogP) is -1.35. The number of nitrogens with two attached hydrogens (primary N) is 2. The average molecular weight is 514 g/mol. The molecule has 11 nitrogen and oxygen atoms in total. The van der Waals surface area contributed by atoms with Crippen molar-refractivity contribution in [1.82, 2.24) is 16.0 Å². The van der Waals surface area contributed by atoms with E-state index in [0.29, 0.717) is 5.75 Å². The van der Waals surface area contributed by atoms with Crippen LogP contribution in [0.25, 0.3) is 0 Å². The third-order valence-electron chi connectivity index (χ3n) is 4.71. The Balaban J connectivity index is 2.96. The molecule has 13 heteroatoms. The van der Waals surface area contributed by atoms with Gasteiger partial charge in [-0.2, -0.15) is 24.4 Å². The van der Waals surface area contributed by atoms with E-state index in [4.69, 9.17) is 11.5 Å². The number of carboxylic acids is 1. The summed E-state index contributed by atoms with van der Waals surface area (Å²) in [6.07, 6.45) is 1.70. The molecule has 8 N–H and O–H groups in total. The molecule has 0 heterocycles. The van der Waals surface area contributed by atoms with E-state index < -0.39 is 60.2 Å². The first-order valence-electron chi connectivity index (χ1n) is 10.4. The highest BCUT2D eigenvalue weighted by Crippen LogP contribution is 2.06. The summed E-state index contributed by atoms with van der Waals surface area (Å²) in [4.78, 5) is 60.5. The van der Waals surface area contributed by atoms with Crippen LogP contribution in [0, 0.1) is 0 Å². The van der Waals surface area contributed by atoms with Crippen molar-refractivity contribution in [2.45, 2.75) is 43.4 Å². The second kappa shape index (κ2) is 15.2.